The number of rotatable bonds is 7. The van der Waals surface area contributed by atoms with E-state index < -0.39 is 5.91 Å². The minimum Gasteiger partial charge on any atom is -0.488 e. The molecule has 2 heterocycles. The van der Waals surface area contributed by atoms with E-state index in [-0.39, 0.29) is 12.3 Å². The fourth-order valence-corrected chi connectivity index (χ4v) is 4.41. The number of aromatic nitrogens is 3. The third-order valence-electron chi connectivity index (χ3n) is 5.89. The number of benzene rings is 2. The molecular weight excluding hydrogens is 487 g/mol. The number of carbonyl (C=O) groups excluding carboxylic acids is 1. The second-order valence-corrected chi connectivity index (χ2v) is 9.30. The molecule has 4 aromatic rings. The molecule has 0 radical (unpaired) electrons. The number of ether oxygens (including phenoxy) is 1. The molecule has 0 aliphatic rings. The largest absolute Gasteiger partial charge is 0.488 e. The lowest BCUT2D eigenvalue weighted by Gasteiger charge is -2.11. The van der Waals surface area contributed by atoms with Gasteiger partial charge in [0.2, 0.25) is 0 Å². The Hall–Kier alpha value is -3.29. The van der Waals surface area contributed by atoms with Crippen molar-refractivity contribution in [3.05, 3.63) is 91.5 Å². The highest BCUT2D eigenvalue weighted by Crippen LogP contribution is 2.28. The number of anilines is 1. The summed E-state index contributed by atoms with van der Waals surface area (Å²) in [5.41, 5.74) is 5.72. The molecule has 4 rings (SSSR count). The third-order valence-corrected chi connectivity index (χ3v) is 6.60. The number of carbonyl (C=O) groups is 1. The molecular formula is C26H26Cl2N4O3. The molecule has 9 heteroatoms. The summed E-state index contributed by atoms with van der Waals surface area (Å²) in [4.78, 5) is 13.2. The number of halogens is 2. The van der Waals surface area contributed by atoms with Gasteiger partial charge >= 0.3 is 0 Å². The van der Waals surface area contributed by atoms with Gasteiger partial charge in [-0.25, -0.2) is 0 Å². The Kier molecular flexibility index (Phi) is 7.19. The highest BCUT2D eigenvalue weighted by Gasteiger charge is 2.23. The van der Waals surface area contributed by atoms with E-state index in [2.05, 4.69) is 15.6 Å². The molecule has 2 aromatic heterocycles. The average Bonchev–Trinajstić information content (AvgIpc) is 3.30. The molecule has 182 valence electrons. The quantitative estimate of drug-likeness (QED) is 0.301. The second kappa shape index (κ2) is 10.1. The zero-order valence-electron chi connectivity index (χ0n) is 20.2. The molecule has 0 spiro atoms. The monoisotopic (exact) mass is 512 g/mol. The second-order valence-electron chi connectivity index (χ2n) is 8.48. The fourth-order valence-electron chi connectivity index (χ4n) is 3.89. The van der Waals surface area contributed by atoms with Crippen LogP contribution in [0.2, 0.25) is 10.0 Å². The molecule has 1 N–H and O–H groups in total. The van der Waals surface area contributed by atoms with Crippen LogP contribution in [0.25, 0.3) is 0 Å². The third kappa shape index (κ3) is 5.21. The predicted octanol–water partition coefficient (Wildman–Crippen LogP) is 6.60. The van der Waals surface area contributed by atoms with E-state index in [1.54, 1.807) is 29.8 Å². The molecule has 0 bridgehead atoms. The maximum atomic E-state index is 13.2. The Morgan fingerprint density at radius 1 is 1.06 bits per heavy atom. The van der Waals surface area contributed by atoms with E-state index >= 15 is 0 Å². The van der Waals surface area contributed by atoms with Crippen LogP contribution in [0.3, 0.4) is 0 Å². The van der Waals surface area contributed by atoms with Crippen molar-refractivity contribution in [3.8, 4) is 5.75 Å². The summed E-state index contributed by atoms with van der Waals surface area (Å²) in [6.07, 6.45) is 0. The van der Waals surface area contributed by atoms with Gasteiger partial charge in [-0.3, -0.25) is 9.48 Å². The first-order valence-electron chi connectivity index (χ1n) is 11.1. The first-order valence-corrected chi connectivity index (χ1v) is 11.8. The van der Waals surface area contributed by atoms with E-state index in [9.17, 15) is 4.79 Å². The van der Waals surface area contributed by atoms with E-state index in [1.165, 1.54) is 0 Å². The fraction of sp³-hybridized carbons (Fsp3) is 0.269. The summed E-state index contributed by atoms with van der Waals surface area (Å²) in [6, 6.07) is 11.3. The molecule has 0 atom stereocenters. The van der Waals surface area contributed by atoms with Crippen molar-refractivity contribution in [2.75, 3.05) is 5.32 Å². The van der Waals surface area contributed by atoms with Crippen LogP contribution in [0.1, 0.15) is 49.9 Å². The lowest BCUT2D eigenvalue weighted by Crippen LogP contribution is -2.16. The number of nitrogens with one attached hydrogen (secondary N) is 1. The van der Waals surface area contributed by atoms with Crippen molar-refractivity contribution in [2.24, 2.45) is 0 Å². The van der Waals surface area contributed by atoms with Crippen LogP contribution in [0.5, 0.6) is 5.75 Å². The first kappa shape index (κ1) is 24.8. The smallest absolute Gasteiger partial charge is 0.278 e. The number of hydrogen-bond acceptors (Lipinski definition) is 5. The molecule has 7 nitrogen and oxygen atoms in total. The van der Waals surface area contributed by atoms with Crippen molar-refractivity contribution in [1.29, 1.82) is 0 Å². The molecule has 2 aromatic carbocycles. The van der Waals surface area contributed by atoms with Crippen molar-refractivity contribution in [2.45, 2.75) is 47.8 Å². The zero-order chi connectivity index (χ0) is 25.3. The van der Waals surface area contributed by atoms with Crippen LogP contribution < -0.4 is 10.1 Å². The summed E-state index contributed by atoms with van der Waals surface area (Å²) in [6.45, 7) is 9.99. The van der Waals surface area contributed by atoms with Crippen molar-refractivity contribution in [3.63, 3.8) is 0 Å². The highest BCUT2D eigenvalue weighted by molar-refractivity contribution is 6.36. The van der Waals surface area contributed by atoms with Crippen LogP contribution >= 0.6 is 23.2 Å². The number of amides is 1. The van der Waals surface area contributed by atoms with Crippen LogP contribution in [0.4, 0.5) is 5.69 Å². The van der Waals surface area contributed by atoms with Gasteiger partial charge in [0.05, 0.1) is 29.2 Å². The van der Waals surface area contributed by atoms with Gasteiger partial charge in [0.25, 0.3) is 5.91 Å². The van der Waals surface area contributed by atoms with E-state index in [1.807, 2.05) is 45.9 Å². The highest BCUT2D eigenvalue weighted by atomic mass is 35.5. The van der Waals surface area contributed by atoms with Crippen LogP contribution in [-0.4, -0.2) is 20.8 Å². The zero-order valence-corrected chi connectivity index (χ0v) is 21.7. The molecule has 35 heavy (non-hydrogen) atoms. The lowest BCUT2D eigenvalue weighted by molar-refractivity contribution is 0.101. The summed E-state index contributed by atoms with van der Waals surface area (Å²) in [5, 5.41) is 12.6. The van der Waals surface area contributed by atoms with Gasteiger partial charge in [-0.1, -0.05) is 52.1 Å². The predicted molar refractivity (Wildman–Crippen MR) is 137 cm³/mol. The van der Waals surface area contributed by atoms with E-state index in [4.69, 9.17) is 32.5 Å². The van der Waals surface area contributed by atoms with Crippen molar-refractivity contribution >= 4 is 34.8 Å². The van der Waals surface area contributed by atoms with Gasteiger partial charge in [-0.15, -0.1) is 0 Å². The molecule has 0 fully saturated rings. The van der Waals surface area contributed by atoms with Gasteiger partial charge < -0.3 is 14.6 Å². The standard InChI is InChI=1S/C26H26Cl2N4O3/c1-14-9-10-23(15(2)11-14)34-13-20-18(5)35-31-25(20)26(33)29-24-16(3)30-32(17(24)4)12-19-21(27)7-6-8-22(19)28/h6-11H,12-13H2,1-5H3,(H,29,33). The molecule has 0 aliphatic carbocycles. The number of hydrogen-bond donors (Lipinski definition) is 1. The van der Waals surface area contributed by atoms with Gasteiger partial charge in [-0.2, -0.15) is 5.10 Å². The Labute approximate surface area is 214 Å². The van der Waals surface area contributed by atoms with Crippen LogP contribution in [0, 0.1) is 34.6 Å². The molecule has 1 amide bonds. The SMILES string of the molecule is Cc1ccc(OCc2c(C(=O)Nc3c(C)nn(Cc4c(Cl)cccc4Cl)c3C)noc2C)c(C)c1. The van der Waals surface area contributed by atoms with Crippen molar-refractivity contribution < 1.29 is 14.1 Å². The topological polar surface area (TPSA) is 82.2 Å². The van der Waals surface area contributed by atoms with E-state index in [0.29, 0.717) is 39.3 Å². The molecule has 0 saturated heterocycles. The summed E-state index contributed by atoms with van der Waals surface area (Å²) < 4.78 is 13.1. The number of nitrogens with zero attached hydrogens (tertiary/aromatic N) is 3. The van der Waals surface area contributed by atoms with Crippen LogP contribution in [0.15, 0.2) is 40.9 Å². The molecule has 0 saturated carbocycles. The molecule has 0 aliphatic heterocycles. The maximum Gasteiger partial charge on any atom is 0.278 e. The Morgan fingerprint density at radius 3 is 2.46 bits per heavy atom. The van der Waals surface area contributed by atoms with Gasteiger partial charge in [-0.05, 0) is 58.4 Å². The van der Waals surface area contributed by atoms with Crippen molar-refractivity contribution in [1.82, 2.24) is 14.9 Å². The van der Waals surface area contributed by atoms with E-state index in [0.717, 1.165) is 28.1 Å². The van der Waals surface area contributed by atoms with Gasteiger partial charge in [0, 0.05) is 15.6 Å². The summed E-state index contributed by atoms with van der Waals surface area (Å²) >= 11 is 12.7. The Balaban J connectivity index is 1.54. The van der Waals surface area contributed by atoms with Crippen LogP contribution in [-0.2, 0) is 13.2 Å². The Morgan fingerprint density at radius 2 is 1.77 bits per heavy atom. The lowest BCUT2D eigenvalue weighted by atomic mass is 10.1. The average molecular weight is 513 g/mol. The number of aryl methyl sites for hydroxylation is 4. The maximum absolute atomic E-state index is 13.2. The van der Waals surface area contributed by atoms with Gasteiger partial charge in [0.15, 0.2) is 5.69 Å². The van der Waals surface area contributed by atoms with Gasteiger partial charge in [0.1, 0.15) is 18.1 Å². The minimum absolute atomic E-state index is 0.157. The normalized spacial score (nSPS) is 11.1. The minimum atomic E-state index is -0.400. The summed E-state index contributed by atoms with van der Waals surface area (Å²) in [5.74, 6) is 0.869. The first-order chi connectivity index (χ1) is 16.7. The summed E-state index contributed by atoms with van der Waals surface area (Å²) in [7, 11) is 0. The Bertz CT molecular complexity index is 1390. The molecule has 0 unspecified atom stereocenters.